The number of hydrogen-bond donors (Lipinski definition) is 1. The Morgan fingerprint density at radius 1 is 1.47 bits per heavy atom. The largest absolute Gasteiger partial charge is 0.340 e. The Bertz CT molecular complexity index is 515. The predicted molar refractivity (Wildman–Crippen MR) is 66.7 cm³/mol. The maximum absolute atomic E-state index is 12.5. The summed E-state index contributed by atoms with van der Waals surface area (Å²) in [6.07, 6.45) is 5.09. The number of carbonyl (C=O) groups is 2. The van der Waals surface area contributed by atoms with Crippen molar-refractivity contribution in [3.05, 3.63) is 24.3 Å². The molecule has 2 heterocycles. The number of amides is 2. The lowest BCUT2D eigenvalue weighted by atomic mass is 9.91. The van der Waals surface area contributed by atoms with Gasteiger partial charge in [-0.15, -0.1) is 0 Å². The van der Waals surface area contributed by atoms with Gasteiger partial charge in [0, 0.05) is 6.20 Å². The van der Waals surface area contributed by atoms with E-state index < -0.39 is 5.54 Å². The molecule has 19 heavy (non-hydrogen) atoms. The first-order valence-electron chi connectivity index (χ1n) is 6.45. The molecule has 0 bridgehead atoms. The Morgan fingerprint density at radius 3 is 2.89 bits per heavy atom. The molecule has 1 unspecified atom stereocenters. The molecule has 2 aliphatic rings. The van der Waals surface area contributed by atoms with Crippen molar-refractivity contribution in [2.24, 2.45) is 5.92 Å². The zero-order valence-electron chi connectivity index (χ0n) is 10.8. The first-order chi connectivity index (χ1) is 9.09. The Balaban J connectivity index is 1.81. The summed E-state index contributed by atoms with van der Waals surface area (Å²) in [6, 6.07) is 1.76. The molecule has 1 saturated carbocycles. The molecule has 1 aromatic rings. The fourth-order valence-corrected chi connectivity index (χ4v) is 2.63. The van der Waals surface area contributed by atoms with Crippen LogP contribution in [0, 0.1) is 5.92 Å². The van der Waals surface area contributed by atoms with Crippen LogP contribution in [-0.2, 0) is 16.1 Å². The van der Waals surface area contributed by atoms with Gasteiger partial charge in [-0.1, -0.05) is 0 Å². The standard InChI is InChI=1S/C13H16N4O2/c1-13(9-2-3-9)12(19)17(7-11(18)16-13)6-10-4-5-14-8-15-10/h4-5,8-9H,2-3,6-7H2,1H3,(H,16,18). The fourth-order valence-electron chi connectivity index (χ4n) is 2.63. The Labute approximate surface area is 111 Å². The highest BCUT2D eigenvalue weighted by Crippen LogP contribution is 2.41. The van der Waals surface area contributed by atoms with E-state index in [2.05, 4.69) is 15.3 Å². The first kappa shape index (κ1) is 12.1. The minimum absolute atomic E-state index is 0.00628. The highest BCUT2D eigenvalue weighted by Gasteiger charge is 2.52. The predicted octanol–water partition coefficient (Wildman–Crippen LogP) is 0.104. The van der Waals surface area contributed by atoms with Crippen molar-refractivity contribution >= 4 is 11.8 Å². The number of aromatic nitrogens is 2. The second kappa shape index (κ2) is 4.29. The van der Waals surface area contributed by atoms with Crippen LogP contribution in [0.25, 0.3) is 0 Å². The molecular formula is C13H16N4O2. The number of carbonyl (C=O) groups excluding carboxylic acids is 2. The molecule has 6 nitrogen and oxygen atoms in total. The molecule has 1 aromatic heterocycles. The van der Waals surface area contributed by atoms with Crippen LogP contribution in [0.15, 0.2) is 18.6 Å². The molecule has 1 saturated heterocycles. The van der Waals surface area contributed by atoms with E-state index in [1.165, 1.54) is 6.33 Å². The van der Waals surface area contributed by atoms with E-state index in [1.807, 2.05) is 6.92 Å². The summed E-state index contributed by atoms with van der Waals surface area (Å²) in [7, 11) is 0. The number of piperazine rings is 1. The minimum atomic E-state index is -0.734. The second-order valence-corrected chi connectivity index (χ2v) is 5.39. The number of nitrogens with one attached hydrogen (secondary N) is 1. The van der Waals surface area contributed by atoms with Crippen LogP contribution < -0.4 is 5.32 Å². The van der Waals surface area contributed by atoms with E-state index in [1.54, 1.807) is 17.2 Å². The molecule has 1 N–H and O–H groups in total. The Hall–Kier alpha value is -1.98. The van der Waals surface area contributed by atoms with E-state index in [9.17, 15) is 9.59 Å². The third-order valence-corrected chi connectivity index (χ3v) is 3.85. The molecule has 2 amide bonds. The molecular weight excluding hydrogens is 244 g/mol. The number of hydrogen-bond acceptors (Lipinski definition) is 4. The summed E-state index contributed by atoms with van der Waals surface area (Å²) in [6.45, 7) is 2.29. The Kier molecular flexibility index (Phi) is 2.73. The van der Waals surface area contributed by atoms with E-state index in [4.69, 9.17) is 0 Å². The van der Waals surface area contributed by atoms with Crippen LogP contribution in [0.5, 0.6) is 0 Å². The van der Waals surface area contributed by atoms with Crippen molar-refractivity contribution in [1.29, 1.82) is 0 Å². The highest BCUT2D eigenvalue weighted by atomic mass is 16.2. The van der Waals surface area contributed by atoms with Gasteiger partial charge in [-0.05, 0) is 31.7 Å². The van der Waals surface area contributed by atoms with Crippen LogP contribution in [-0.4, -0.2) is 38.8 Å². The normalized spacial score (nSPS) is 27.3. The minimum Gasteiger partial charge on any atom is -0.340 e. The molecule has 1 aliphatic heterocycles. The topological polar surface area (TPSA) is 75.2 Å². The summed E-state index contributed by atoms with van der Waals surface area (Å²) in [5.41, 5.74) is 0.0127. The third kappa shape index (κ3) is 2.18. The van der Waals surface area contributed by atoms with Crippen molar-refractivity contribution in [3.8, 4) is 0 Å². The van der Waals surface area contributed by atoms with Crippen LogP contribution >= 0.6 is 0 Å². The van der Waals surface area contributed by atoms with Crippen molar-refractivity contribution in [2.75, 3.05) is 6.54 Å². The number of nitrogens with zero attached hydrogens (tertiary/aromatic N) is 3. The summed E-state index contributed by atoms with van der Waals surface area (Å²) >= 11 is 0. The zero-order valence-corrected chi connectivity index (χ0v) is 10.8. The lowest BCUT2D eigenvalue weighted by Crippen LogP contribution is -2.66. The van der Waals surface area contributed by atoms with Gasteiger partial charge < -0.3 is 10.2 Å². The van der Waals surface area contributed by atoms with Gasteiger partial charge in [-0.25, -0.2) is 9.97 Å². The van der Waals surface area contributed by atoms with E-state index in [0.717, 1.165) is 18.5 Å². The zero-order chi connectivity index (χ0) is 13.5. The summed E-state index contributed by atoms with van der Waals surface area (Å²) in [4.78, 5) is 33.9. The van der Waals surface area contributed by atoms with Crippen LogP contribution in [0.4, 0.5) is 0 Å². The average molecular weight is 260 g/mol. The van der Waals surface area contributed by atoms with Crippen molar-refractivity contribution < 1.29 is 9.59 Å². The summed E-state index contributed by atoms with van der Waals surface area (Å²) < 4.78 is 0. The lowest BCUT2D eigenvalue weighted by molar-refractivity contribution is -0.150. The van der Waals surface area contributed by atoms with Gasteiger partial charge in [-0.2, -0.15) is 0 Å². The number of rotatable bonds is 3. The van der Waals surface area contributed by atoms with Crippen molar-refractivity contribution in [1.82, 2.24) is 20.2 Å². The van der Waals surface area contributed by atoms with E-state index in [0.29, 0.717) is 6.54 Å². The molecule has 1 aliphatic carbocycles. The SMILES string of the molecule is CC1(C2CC2)NC(=O)CN(Cc2ccncn2)C1=O. The van der Waals surface area contributed by atoms with Crippen LogP contribution in [0.1, 0.15) is 25.5 Å². The molecule has 100 valence electrons. The molecule has 1 atom stereocenters. The van der Waals surface area contributed by atoms with Gasteiger partial charge in [0.1, 0.15) is 18.4 Å². The van der Waals surface area contributed by atoms with E-state index in [-0.39, 0.29) is 24.3 Å². The van der Waals surface area contributed by atoms with Gasteiger partial charge in [0.25, 0.3) is 0 Å². The third-order valence-electron chi connectivity index (χ3n) is 3.85. The maximum Gasteiger partial charge on any atom is 0.249 e. The second-order valence-electron chi connectivity index (χ2n) is 5.39. The van der Waals surface area contributed by atoms with Crippen molar-refractivity contribution in [2.45, 2.75) is 31.8 Å². The monoisotopic (exact) mass is 260 g/mol. The summed E-state index contributed by atoms with van der Waals surface area (Å²) in [5, 5.41) is 2.86. The average Bonchev–Trinajstić information content (AvgIpc) is 3.21. The van der Waals surface area contributed by atoms with Gasteiger partial charge >= 0.3 is 0 Å². The van der Waals surface area contributed by atoms with Crippen LogP contribution in [0.2, 0.25) is 0 Å². The molecule has 0 aromatic carbocycles. The Morgan fingerprint density at radius 2 is 2.26 bits per heavy atom. The maximum atomic E-state index is 12.5. The molecule has 0 radical (unpaired) electrons. The highest BCUT2D eigenvalue weighted by molar-refractivity contribution is 5.98. The molecule has 6 heteroatoms. The van der Waals surface area contributed by atoms with Gasteiger partial charge in [-0.3, -0.25) is 9.59 Å². The van der Waals surface area contributed by atoms with E-state index >= 15 is 0 Å². The van der Waals surface area contributed by atoms with Gasteiger partial charge in [0.15, 0.2) is 0 Å². The van der Waals surface area contributed by atoms with Gasteiger partial charge in [0.2, 0.25) is 11.8 Å². The summed E-state index contributed by atoms with van der Waals surface area (Å²) in [5.74, 6) is 0.174. The van der Waals surface area contributed by atoms with Gasteiger partial charge in [0.05, 0.1) is 12.2 Å². The van der Waals surface area contributed by atoms with Crippen LogP contribution in [0.3, 0.4) is 0 Å². The lowest BCUT2D eigenvalue weighted by Gasteiger charge is -2.39. The quantitative estimate of drug-likeness (QED) is 0.836. The smallest absolute Gasteiger partial charge is 0.249 e. The van der Waals surface area contributed by atoms with Crippen molar-refractivity contribution in [3.63, 3.8) is 0 Å². The molecule has 2 fully saturated rings. The fraction of sp³-hybridized carbons (Fsp3) is 0.538. The molecule has 0 spiro atoms. The first-order valence-corrected chi connectivity index (χ1v) is 6.45. The molecule has 3 rings (SSSR count).